The Labute approximate surface area is 108 Å². The van der Waals surface area contributed by atoms with Gasteiger partial charge >= 0.3 is 0 Å². The average Bonchev–Trinajstić information content (AvgIpc) is 2.38. The van der Waals surface area contributed by atoms with Crippen molar-refractivity contribution >= 4 is 5.82 Å². The molecule has 94 valence electrons. The van der Waals surface area contributed by atoms with Crippen LogP contribution in [0.5, 0.6) is 0 Å². The summed E-state index contributed by atoms with van der Waals surface area (Å²) >= 11 is 0. The molecule has 0 aliphatic rings. The summed E-state index contributed by atoms with van der Waals surface area (Å²) in [7, 11) is 0. The van der Waals surface area contributed by atoms with Gasteiger partial charge in [-0.15, -0.1) is 0 Å². The van der Waals surface area contributed by atoms with E-state index in [9.17, 15) is 0 Å². The highest BCUT2D eigenvalue weighted by atomic mass is 15.0. The Morgan fingerprint density at radius 1 is 1.17 bits per heavy atom. The van der Waals surface area contributed by atoms with Crippen molar-refractivity contribution in [1.29, 1.82) is 0 Å². The number of nitrogens with one attached hydrogen (secondary N) is 1. The molecule has 2 aromatic rings. The maximum atomic E-state index is 4.65. The van der Waals surface area contributed by atoms with Crippen LogP contribution < -0.4 is 5.32 Å². The predicted octanol–water partition coefficient (Wildman–Crippen LogP) is 3.52. The van der Waals surface area contributed by atoms with Crippen molar-refractivity contribution in [3.8, 4) is 0 Å². The molecule has 0 aliphatic carbocycles. The minimum Gasteiger partial charge on any atom is -0.364 e. The minimum atomic E-state index is 0.446. The Hall–Kier alpha value is -1.90. The zero-order chi connectivity index (χ0) is 13.0. The molecule has 0 atom stereocenters. The first-order valence-electron chi connectivity index (χ1n) is 6.28. The molecular formula is C15H19N3. The molecule has 0 aliphatic heterocycles. The Bertz CT molecular complexity index is 506. The quantitative estimate of drug-likeness (QED) is 0.890. The second-order valence-corrected chi connectivity index (χ2v) is 4.73. The van der Waals surface area contributed by atoms with E-state index >= 15 is 0 Å². The Morgan fingerprint density at radius 3 is 2.67 bits per heavy atom. The molecule has 0 aromatic carbocycles. The molecule has 0 saturated carbocycles. The molecule has 0 spiro atoms. The molecule has 2 rings (SSSR count). The first-order valence-corrected chi connectivity index (χ1v) is 6.28. The molecule has 0 saturated heterocycles. The van der Waals surface area contributed by atoms with Crippen molar-refractivity contribution < 1.29 is 0 Å². The Balaban J connectivity index is 2.08. The number of nitrogens with zero attached hydrogens (tertiary/aromatic N) is 2. The maximum absolute atomic E-state index is 4.65. The van der Waals surface area contributed by atoms with Crippen LogP contribution >= 0.6 is 0 Å². The summed E-state index contributed by atoms with van der Waals surface area (Å²) in [4.78, 5) is 8.93. The number of hydrogen-bond acceptors (Lipinski definition) is 3. The van der Waals surface area contributed by atoms with Gasteiger partial charge in [0.25, 0.3) is 0 Å². The van der Waals surface area contributed by atoms with Gasteiger partial charge in [0.1, 0.15) is 5.82 Å². The van der Waals surface area contributed by atoms with Crippen molar-refractivity contribution in [2.24, 2.45) is 0 Å². The van der Waals surface area contributed by atoms with E-state index in [4.69, 9.17) is 0 Å². The largest absolute Gasteiger partial charge is 0.364 e. The second-order valence-electron chi connectivity index (χ2n) is 4.73. The molecule has 2 heterocycles. The van der Waals surface area contributed by atoms with E-state index in [-0.39, 0.29) is 0 Å². The molecule has 0 unspecified atom stereocenters. The maximum Gasteiger partial charge on any atom is 0.126 e. The van der Waals surface area contributed by atoms with E-state index in [1.807, 2.05) is 24.3 Å². The second kappa shape index (κ2) is 5.63. The lowest BCUT2D eigenvalue weighted by Gasteiger charge is -2.11. The monoisotopic (exact) mass is 241 g/mol. The number of rotatable bonds is 4. The summed E-state index contributed by atoms with van der Waals surface area (Å²) in [5, 5.41) is 3.31. The highest BCUT2D eigenvalue weighted by Gasteiger charge is 2.06. The first kappa shape index (κ1) is 12.6. The lowest BCUT2D eigenvalue weighted by atomic mass is 10.1. The summed E-state index contributed by atoms with van der Waals surface area (Å²) in [6.07, 6.45) is 1.80. The summed E-state index contributed by atoms with van der Waals surface area (Å²) in [6, 6.07) is 10.1. The lowest BCUT2D eigenvalue weighted by molar-refractivity contribution is 0.811. The third-order valence-electron chi connectivity index (χ3n) is 2.86. The normalized spacial score (nSPS) is 10.7. The van der Waals surface area contributed by atoms with Crippen molar-refractivity contribution in [2.75, 3.05) is 5.32 Å². The van der Waals surface area contributed by atoms with Crippen LogP contribution in [0.25, 0.3) is 0 Å². The average molecular weight is 241 g/mol. The summed E-state index contributed by atoms with van der Waals surface area (Å²) < 4.78 is 0. The van der Waals surface area contributed by atoms with E-state index in [1.165, 1.54) is 5.56 Å². The van der Waals surface area contributed by atoms with Gasteiger partial charge in [-0.1, -0.05) is 26.0 Å². The van der Waals surface area contributed by atoms with Gasteiger partial charge in [0, 0.05) is 11.9 Å². The van der Waals surface area contributed by atoms with E-state index in [1.54, 1.807) is 6.20 Å². The standard InChI is InChI=1S/C15H19N3/c1-11(2)15-12(3)7-8-14(18-15)17-10-13-6-4-5-9-16-13/h4-9,11H,10H2,1-3H3,(H,17,18). The molecular weight excluding hydrogens is 222 g/mol. The summed E-state index contributed by atoms with van der Waals surface area (Å²) in [6.45, 7) is 7.13. The van der Waals surface area contributed by atoms with Crippen LogP contribution in [0.2, 0.25) is 0 Å². The van der Waals surface area contributed by atoms with E-state index in [2.05, 4.69) is 42.1 Å². The van der Waals surface area contributed by atoms with E-state index in [0.29, 0.717) is 12.5 Å². The Morgan fingerprint density at radius 2 is 2.00 bits per heavy atom. The van der Waals surface area contributed by atoms with Crippen LogP contribution in [0.15, 0.2) is 36.5 Å². The third-order valence-corrected chi connectivity index (χ3v) is 2.86. The van der Waals surface area contributed by atoms with Crippen LogP contribution in [0, 0.1) is 6.92 Å². The fraction of sp³-hybridized carbons (Fsp3) is 0.333. The molecule has 2 aromatic heterocycles. The fourth-order valence-corrected chi connectivity index (χ4v) is 1.91. The van der Waals surface area contributed by atoms with Gasteiger partial charge in [0.15, 0.2) is 0 Å². The fourth-order valence-electron chi connectivity index (χ4n) is 1.91. The van der Waals surface area contributed by atoms with Crippen LogP contribution in [-0.2, 0) is 6.54 Å². The molecule has 0 amide bonds. The first-order chi connectivity index (χ1) is 8.66. The number of hydrogen-bond donors (Lipinski definition) is 1. The van der Waals surface area contributed by atoms with Crippen LogP contribution in [0.3, 0.4) is 0 Å². The molecule has 0 bridgehead atoms. The van der Waals surface area contributed by atoms with Gasteiger partial charge in [0.2, 0.25) is 0 Å². The topological polar surface area (TPSA) is 37.8 Å². The molecule has 0 radical (unpaired) electrons. The lowest BCUT2D eigenvalue weighted by Crippen LogP contribution is -2.05. The highest BCUT2D eigenvalue weighted by Crippen LogP contribution is 2.18. The molecule has 1 N–H and O–H groups in total. The van der Waals surface area contributed by atoms with Gasteiger partial charge in [-0.25, -0.2) is 4.98 Å². The smallest absolute Gasteiger partial charge is 0.126 e. The van der Waals surface area contributed by atoms with Gasteiger partial charge in [-0.05, 0) is 36.6 Å². The molecule has 18 heavy (non-hydrogen) atoms. The molecule has 0 fully saturated rings. The van der Waals surface area contributed by atoms with Crippen molar-refractivity contribution in [1.82, 2.24) is 9.97 Å². The predicted molar refractivity (Wildman–Crippen MR) is 74.6 cm³/mol. The number of aryl methyl sites for hydroxylation is 1. The number of aromatic nitrogens is 2. The zero-order valence-electron chi connectivity index (χ0n) is 11.1. The number of anilines is 1. The van der Waals surface area contributed by atoms with Crippen LogP contribution in [0.1, 0.15) is 36.7 Å². The summed E-state index contributed by atoms with van der Waals surface area (Å²) in [5.74, 6) is 1.36. The van der Waals surface area contributed by atoms with Gasteiger partial charge in [-0.2, -0.15) is 0 Å². The molecule has 3 nitrogen and oxygen atoms in total. The third kappa shape index (κ3) is 3.06. The Kier molecular flexibility index (Phi) is 3.92. The summed E-state index contributed by atoms with van der Waals surface area (Å²) in [5.41, 5.74) is 3.42. The van der Waals surface area contributed by atoms with Crippen LogP contribution in [0.4, 0.5) is 5.82 Å². The van der Waals surface area contributed by atoms with Crippen molar-refractivity contribution in [3.05, 3.63) is 53.5 Å². The highest BCUT2D eigenvalue weighted by molar-refractivity contribution is 5.39. The molecule has 3 heteroatoms. The SMILES string of the molecule is Cc1ccc(NCc2ccccn2)nc1C(C)C. The number of pyridine rings is 2. The van der Waals surface area contributed by atoms with Crippen molar-refractivity contribution in [2.45, 2.75) is 33.2 Å². The van der Waals surface area contributed by atoms with Crippen molar-refractivity contribution in [3.63, 3.8) is 0 Å². The van der Waals surface area contributed by atoms with Crippen LogP contribution in [-0.4, -0.2) is 9.97 Å². The van der Waals surface area contributed by atoms with Gasteiger partial charge < -0.3 is 5.32 Å². The minimum absolute atomic E-state index is 0.446. The van der Waals surface area contributed by atoms with E-state index < -0.39 is 0 Å². The van der Waals surface area contributed by atoms with Gasteiger partial charge in [-0.3, -0.25) is 4.98 Å². The van der Waals surface area contributed by atoms with Gasteiger partial charge in [0.05, 0.1) is 12.2 Å². The zero-order valence-corrected chi connectivity index (χ0v) is 11.1. The van der Waals surface area contributed by atoms with E-state index in [0.717, 1.165) is 17.2 Å².